The predicted molar refractivity (Wildman–Crippen MR) is 131 cm³/mol. The van der Waals surface area contributed by atoms with Crippen LogP contribution in [0, 0.1) is 29.5 Å². The maximum atomic E-state index is 14.7. The number of cyclic esters (lactones) is 2. The van der Waals surface area contributed by atoms with Gasteiger partial charge in [-0.1, -0.05) is 23.7 Å². The standard InChI is InChI=1S/C30H21FO6/c1-29(2)34-25-13-9-18(15-22(25)27(32)36-29)5-6-20-8-12-21(24(31)17-20)11-7-19-10-14-26-23(16-19)28(33)37-30(3,4)35-26/h8-10,12-17H,1-4H3. The van der Waals surface area contributed by atoms with Crippen molar-refractivity contribution in [3.63, 3.8) is 0 Å². The zero-order valence-corrected chi connectivity index (χ0v) is 20.5. The molecule has 184 valence electrons. The fraction of sp³-hybridized carbons (Fsp3) is 0.200. The molecular weight excluding hydrogens is 475 g/mol. The molecule has 0 fully saturated rings. The lowest BCUT2D eigenvalue weighted by Gasteiger charge is -2.31. The van der Waals surface area contributed by atoms with Crippen LogP contribution in [-0.4, -0.2) is 23.5 Å². The maximum absolute atomic E-state index is 14.7. The number of hydrogen-bond acceptors (Lipinski definition) is 6. The molecule has 0 N–H and O–H groups in total. The number of ether oxygens (including phenoxy) is 4. The zero-order chi connectivity index (χ0) is 26.4. The molecule has 6 nitrogen and oxygen atoms in total. The van der Waals surface area contributed by atoms with Crippen LogP contribution >= 0.6 is 0 Å². The molecule has 2 aliphatic heterocycles. The third-order valence-corrected chi connectivity index (χ3v) is 5.45. The van der Waals surface area contributed by atoms with E-state index in [1.54, 1.807) is 70.2 Å². The molecule has 37 heavy (non-hydrogen) atoms. The van der Waals surface area contributed by atoms with Crippen LogP contribution in [0.2, 0.25) is 0 Å². The minimum atomic E-state index is -1.04. The monoisotopic (exact) mass is 496 g/mol. The smallest absolute Gasteiger partial charge is 0.345 e. The van der Waals surface area contributed by atoms with E-state index in [4.69, 9.17) is 18.9 Å². The topological polar surface area (TPSA) is 71.1 Å². The molecule has 0 radical (unpaired) electrons. The fourth-order valence-corrected chi connectivity index (χ4v) is 3.82. The van der Waals surface area contributed by atoms with E-state index in [9.17, 15) is 14.0 Å². The lowest BCUT2D eigenvalue weighted by molar-refractivity contribution is -0.128. The molecule has 0 aromatic heterocycles. The second-order valence-corrected chi connectivity index (χ2v) is 9.40. The third-order valence-electron chi connectivity index (χ3n) is 5.45. The van der Waals surface area contributed by atoms with Crippen molar-refractivity contribution >= 4 is 11.9 Å². The molecule has 3 aromatic carbocycles. The predicted octanol–water partition coefficient (Wildman–Crippen LogP) is 5.20. The van der Waals surface area contributed by atoms with E-state index in [1.807, 2.05) is 0 Å². The Kier molecular flexibility index (Phi) is 5.65. The Morgan fingerprint density at radius 3 is 1.51 bits per heavy atom. The Labute approximate surface area is 213 Å². The van der Waals surface area contributed by atoms with Crippen LogP contribution in [0.3, 0.4) is 0 Å². The number of carbonyl (C=O) groups is 2. The molecule has 0 aliphatic carbocycles. The summed E-state index contributed by atoms with van der Waals surface area (Å²) in [5.41, 5.74) is 2.25. The Balaban J connectivity index is 1.34. The van der Waals surface area contributed by atoms with E-state index < -0.39 is 29.3 Å². The average molecular weight is 496 g/mol. The molecule has 0 spiro atoms. The van der Waals surface area contributed by atoms with Crippen molar-refractivity contribution in [3.8, 4) is 35.2 Å². The summed E-state index contributed by atoms with van der Waals surface area (Å²) in [7, 11) is 0. The Bertz CT molecular complexity index is 1590. The van der Waals surface area contributed by atoms with Gasteiger partial charge in [-0.15, -0.1) is 0 Å². The van der Waals surface area contributed by atoms with Crippen LogP contribution in [-0.2, 0) is 9.47 Å². The summed E-state index contributed by atoms with van der Waals surface area (Å²) in [5.74, 6) is 8.70. The maximum Gasteiger partial charge on any atom is 0.345 e. The fourth-order valence-electron chi connectivity index (χ4n) is 3.82. The van der Waals surface area contributed by atoms with Crippen LogP contribution in [0.4, 0.5) is 4.39 Å². The van der Waals surface area contributed by atoms with Gasteiger partial charge in [-0.25, -0.2) is 14.0 Å². The zero-order valence-electron chi connectivity index (χ0n) is 20.5. The quantitative estimate of drug-likeness (QED) is 0.315. The second kappa shape index (κ2) is 8.72. The summed E-state index contributed by atoms with van der Waals surface area (Å²) in [6, 6.07) is 14.3. The van der Waals surface area contributed by atoms with Gasteiger partial charge in [0.15, 0.2) is 0 Å². The van der Waals surface area contributed by atoms with Gasteiger partial charge in [-0.2, -0.15) is 0 Å². The van der Waals surface area contributed by atoms with E-state index >= 15 is 0 Å². The third kappa shape index (κ3) is 5.12. The van der Waals surface area contributed by atoms with E-state index in [-0.39, 0.29) is 16.7 Å². The normalized spacial score (nSPS) is 16.1. The van der Waals surface area contributed by atoms with Crippen molar-refractivity contribution in [1.82, 2.24) is 0 Å². The number of halogens is 1. The van der Waals surface area contributed by atoms with Gasteiger partial charge < -0.3 is 18.9 Å². The molecule has 0 unspecified atom stereocenters. The minimum absolute atomic E-state index is 0.180. The van der Waals surface area contributed by atoms with E-state index in [1.165, 1.54) is 12.1 Å². The van der Waals surface area contributed by atoms with Gasteiger partial charge in [0, 0.05) is 44.4 Å². The van der Waals surface area contributed by atoms with Crippen molar-refractivity contribution in [2.45, 2.75) is 39.3 Å². The van der Waals surface area contributed by atoms with Gasteiger partial charge in [0.05, 0.1) is 5.56 Å². The van der Waals surface area contributed by atoms with Crippen LogP contribution in [0.1, 0.15) is 70.7 Å². The Hall–Kier alpha value is -4.75. The van der Waals surface area contributed by atoms with E-state index in [0.29, 0.717) is 28.2 Å². The molecule has 2 heterocycles. The summed E-state index contributed by atoms with van der Waals surface area (Å²) in [4.78, 5) is 24.5. The summed E-state index contributed by atoms with van der Waals surface area (Å²) in [6.45, 7) is 6.61. The number of hydrogen-bond donors (Lipinski definition) is 0. The van der Waals surface area contributed by atoms with Crippen molar-refractivity contribution in [2.75, 3.05) is 0 Å². The molecule has 2 aliphatic rings. The Morgan fingerprint density at radius 2 is 1.03 bits per heavy atom. The van der Waals surface area contributed by atoms with Crippen LogP contribution in [0.25, 0.3) is 0 Å². The molecule has 0 saturated carbocycles. The first-order valence-electron chi connectivity index (χ1n) is 11.4. The van der Waals surface area contributed by atoms with Crippen LogP contribution < -0.4 is 9.47 Å². The first-order valence-corrected chi connectivity index (χ1v) is 11.4. The highest BCUT2D eigenvalue weighted by Crippen LogP contribution is 2.32. The highest BCUT2D eigenvalue weighted by molar-refractivity contribution is 5.94. The van der Waals surface area contributed by atoms with Crippen molar-refractivity contribution in [3.05, 3.63) is 93.8 Å². The molecule has 5 rings (SSSR count). The summed E-state index contributed by atoms with van der Waals surface area (Å²) < 4.78 is 36.5. The second-order valence-electron chi connectivity index (χ2n) is 9.40. The largest absolute Gasteiger partial charge is 0.452 e. The van der Waals surface area contributed by atoms with Gasteiger partial charge in [0.2, 0.25) is 11.6 Å². The summed E-state index contributed by atoms with van der Waals surface area (Å²) in [6.07, 6.45) is 0. The SMILES string of the molecule is CC1(C)OC(=O)c2cc(C#Cc3ccc(C#Cc4ccc5c(c4)C(=O)OC(C)(C)O5)c(F)c3)ccc2O1. The number of carbonyl (C=O) groups excluding carboxylic acids is 2. The lowest BCUT2D eigenvalue weighted by Crippen LogP contribution is -2.38. The van der Waals surface area contributed by atoms with Crippen molar-refractivity contribution in [2.24, 2.45) is 0 Å². The Morgan fingerprint density at radius 1 is 0.595 bits per heavy atom. The highest BCUT2D eigenvalue weighted by atomic mass is 19.1. The average Bonchev–Trinajstić information content (AvgIpc) is 2.81. The van der Waals surface area contributed by atoms with Crippen LogP contribution in [0.15, 0.2) is 54.6 Å². The molecule has 7 heteroatoms. The van der Waals surface area contributed by atoms with Gasteiger partial charge >= 0.3 is 11.9 Å². The molecular formula is C30H21FO6. The molecule has 0 amide bonds. The van der Waals surface area contributed by atoms with Crippen LogP contribution in [0.5, 0.6) is 11.5 Å². The van der Waals surface area contributed by atoms with Crippen molar-refractivity contribution in [1.29, 1.82) is 0 Å². The number of rotatable bonds is 0. The van der Waals surface area contributed by atoms with E-state index in [2.05, 4.69) is 23.7 Å². The number of esters is 2. The number of benzene rings is 3. The van der Waals surface area contributed by atoms with Gasteiger partial charge in [0.1, 0.15) is 28.4 Å². The first kappa shape index (κ1) is 24.0. The first-order chi connectivity index (χ1) is 17.5. The molecule has 0 bridgehead atoms. The lowest BCUT2D eigenvalue weighted by atomic mass is 10.1. The molecule has 0 atom stereocenters. The minimum Gasteiger partial charge on any atom is -0.452 e. The number of fused-ring (bicyclic) bond motifs is 2. The molecule has 0 saturated heterocycles. The van der Waals surface area contributed by atoms with Gasteiger partial charge in [0.25, 0.3) is 0 Å². The van der Waals surface area contributed by atoms with Crippen molar-refractivity contribution < 1.29 is 32.9 Å². The summed E-state index contributed by atoms with van der Waals surface area (Å²) >= 11 is 0. The van der Waals surface area contributed by atoms with E-state index in [0.717, 1.165) is 0 Å². The molecule has 3 aromatic rings. The van der Waals surface area contributed by atoms with Gasteiger partial charge in [-0.05, 0) is 54.6 Å². The van der Waals surface area contributed by atoms with Gasteiger partial charge in [-0.3, -0.25) is 0 Å². The summed E-state index contributed by atoms with van der Waals surface area (Å²) in [5, 5.41) is 0. The highest BCUT2D eigenvalue weighted by Gasteiger charge is 2.34.